The van der Waals surface area contributed by atoms with Crippen molar-refractivity contribution in [2.45, 2.75) is 63.0 Å². The number of aliphatic imine (C=N–C) groups is 1. The molecule has 0 aromatic heterocycles. The van der Waals surface area contributed by atoms with Crippen LogP contribution in [0.15, 0.2) is 53.5 Å². The van der Waals surface area contributed by atoms with Gasteiger partial charge in [-0.05, 0) is 49.9 Å². The molecule has 0 unspecified atom stereocenters. The maximum absolute atomic E-state index is 13.5. The van der Waals surface area contributed by atoms with Gasteiger partial charge in [0.15, 0.2) is 12.1 Å². The number of benzene rings is 2. The molecule has 2 heterocycles. The second kappa shape index (κ2) is 9.59. The van der Waals surface area contributed by atoms with E-state index in [9.17, 15) is 28.0 Å². The number of hydrogen-bond acceptors (Lipinski definition) is 6. The molecule has 1 saturated carbocycles. The molecule has 3 N–H and O–H groups in total. The first-order chi connectivity index (χ1) is 18.4. The van der Waals surface area contributed by atoms with Gasteiger partial charge < -0.3 is 15.8 Å². The average molecular weight is 540 g/mol. The summed E-state index contributed by atoms with van der Waals surface area (Å²) < 4.78 is 45.8. The monoisotopic (exact) mass is 539 g/mol. The number of nitrogens with one attached hydrogen (secondary N) is 1. The van der Waals surface area contributed by atoms with Crippen LogP contribution < -0.4 is 15.8 Å². The van der Waals surface area contributed by atoms with Gasteiger partial charge in [0.1, 0.15) is 5.75 Å². The number of hydrogen-bond donors (Lipinski definition) is 2. The summed E-state index contributed by atoms with van der Waals surface area (Å²) in [5, 5.41) is 12.2. The van der Waals surface area contributed by atoms with Crippen LogP contribution in [0.25, 0.3) is 0 Å². The largest absolute Gasteiger partial charge is 0.480 e. The second-order valence-electron chi connectivity index (χ2n) is 10.9. The van der Waals surface area contributed by atoms with Crippen molar-refractivity contribution in [3.05, 3.63) is 65.2 Å². The van der Waals surface area contributed by atoms with Crippen LogP contribution in [0.1, 0.15) is 61.9 Å². The molecule has 2 aromatic rings. The zero-order valence-corrected chi connectivity index (χ0v) is 21.4. The van der Waals surface area contributed by atoms with Crippen molar-refractivity contribution in [1.29, 1.82) is 5.26 Å². The van der Waals surface area contributed by atoms with E-state index in [0.29, 0.717) is 23.1 Å². The lowest BCUT2D eigenvalue weighted by Gasteiger charge is -2.38. The lowest BCUT2D eigenvalue weighted by atomic mass is 9.93. The summed E-state index contributed by atoms with van der Waals surface area (Å²) in [6.07, 6.45) is -6.57. The SMILES string of the molecule is CC1(C)CC(=O)N([C@H](c2cccc(C#N)c2)[C@@H]2C[C@H]2C(=O)N[C@H]2C[C@H](C(F)(F)F)Oc3ccccc32)C(N)=N1. The Labute approximate surface area is 223 Å². The minimum Gasteiger partial charge on any atom is -0.480 e. The fourth-order valence-corrected chi connectivity index (χ4v) is 5.56. The lowest BCUT2D eigenvalue weighted by molar-refractivity contribution is -0.201. The normalized spacial score (nSPS) is 26.4. The van der Waals surface area contributed by atoms with Crippen molar-refractivity contribution >= 4 is 17.8 Å². The molecule has 0 bridgehead atoms. The molecular formula is C28H28F3N5O3. The van der Waals surface area contributed by atoms with Crippen molar-refractivity contribution in [2.75, 3.05) is 0 Å². The third kappa shape index (κ3) is 5.28. The van der Waals surface area contributed by atoms with Crippen LogP contribution in [0, 0.1) is 23.2 Å². The predicted octanol–water partition coefficient (Wildman–Crippen LogP) is 4.13. The molecule has 1 aliphatic carbocycles. The Kier molecular flexibility index (Phi) is 6.53. The van der Waals surface area contributed by atoms with Gasteiger partial charge in [-0.3, -0.25) is 14.5 Å². The van der Waals surface area contributed by atoms with Gasteiger partial charge in [0.05, 0.1) is 35.7 Å². The van der Waals surface area contributed by atoms with E-state index < -0.39 is 48.1 Å². The van der Waals surface area contributed by atoms with Crippen molar-refractivity contribution in [2.24, 2.45) is 22.6 Å². The number of nitrogens with two attached hydrogens (primary N) is 1. The van der Waals surface area contributed by atoms with Crippen LogP contribution in [-0.4, -0.2) is 40.5 Å². The highest BCUT2D eigenvalue weighted by Gasteiger charge is 2.54. The number of para-hydroxylation sites is 1. The molecule has 5 atom stereocenters. The molecule has 11 heteroatoms. The van der Waals surface area contributed by atoms with Gasteiger partial charge >= 0.3 is 6.18 Å². The zero-order valence-electron chi connectivity index (χ0n) is 21.4. The maximum Gasteiger partial charge on any atom is 0.425 e. The Morgan fingerprint density at radius 1 is 1.23 bits per heavy atom. The lowest BCUT2D eigenvalue weighted by Crippen LogP contribution is -2.52. The molecule has 5 rings (SSSR count). The number of carbonyl (C=O) groups is 2. The molecule has 39 heavy (non-hydrogen) atoms. The van der Waals surface area contributed by atoms with Gasteiger partial charge in [-0.2, -0.15) is 18.4 Å². The Balaban J connectivity index is 1.42. The van der Waals surface area contributed by atoms with Crippen molar-refractivity contribution in [1.82, 2.24) is 10.2 Å². The van der Waals surface area contributed by atoms with Crippen LogP contribution in [0.3, 0.4) is 0 Å². The molecule has 2 aliphatic heterocycles. The summed E-state index contributed by atoms with van der Waals surface area (Å²) in [4.78, 5) is 32.5. The Morgan fingerprint density at radius 2 is 1.97 bits per heavy atom. The molecule has 0 saturated heterocycles. The van der Waals surface area contributed by atoms with Crippen LogP contribution in [0.4, 0.5) is 13.2 Å². The molecule has 0 radical (unpaired) electrons. The molecule has 0 spiro atoms. The number of rotatable bonds is 5. The van der Waals surface area contributed by atoms with Gasteiger partial charge in [0, 0.05) is 17.9 Å². The first kappa shape index (κ1) is 26.5. The fourth-order valence-electron chi connectivity index (χ4n) is 5.56. The van der Waals surface area contributed by atoms with Gasteiger partial charge in [-0.15, -0.1) is 0 Å². The molecule has 3 aliphatic rings. The third-order valence-corrected chi connectivity index (χ3v) is 7.43. The molecule has 8 nitrogen and oxygen atoms in total. The summed E-state index contributed by atoms with van der Waals surface area (Å²) in [6, 6.07) is 13.6. The van der Waals surface area contributed by atoms with E-state index in [1.807, 2.05) is 0 Å². The minimum absolute atomic E-state index is 0.0287. The molecule has 1 fully saturated rings. The van der Waals surface area contributed by atoms with Gasteiger partial charge in [-0.1, -0.05) is 30.3 Å². The van der Waals surface area contributed by atoms with Crippen LogP contribution >= 0.6 is 0 Å². The van der Waals surface area contributed by atoms with Crippen molar-refractivity contribution < 1.29 is 27.5 Å². The van der Waals surface area contributed by atoms with Crippen molar-refractivity contribution in [3.8, 4) is 11.8 Å². The van der Waals surface area contributed by atoms with E-state index in [1.165, 1.54) is 11.0 Å². The summed E-state index contributed by atoms with van der Waals surface area (Å²) in [5.74, 6) is -1.50. The van der Waals surface area contributed by atoms with Gasteiger partial charge in [0.2, 0.25) is 11.8 Å². The summed E-state index contributed by atoms with van der Waals surface area (Å²) in [7, 11) is 0. The average Bonchev–Trinajstić information content (AvgIpc) is 3.65. The van der Waals surface area contributed by atoms with Crippen LogP contribution in [0.2, 0.25) is 0 Å². The van der Waals surface area contributed by atoms with Crippen LogP contribution in [-0.2, 0) is 9.59 Å². The van der Waals surface area contributed by atoms with E-state index in [1.54, 1.807) is 56.3 Å². The second-order valence-corrected chi connectivity index (χ2v) is 10.9. The van der Waals surface area contributed by atoms with E-state index in [2.05, 4.69) is 16.4 Å². The predicted molar refractivity (Wildman–Crippen MR) is 135 cm³/mol. The number of nitriles is 1. The number of halogens is 3. The Hall–Kier alpha value is -4.07. The minimum atomic E-state index is -4.59. The number of amides is 2. The number of alkyl halides is 3. The summed E-state index contributed by atoms with van der Waals surface area (Å²) >= 11 is 0. The van der Waals surface area contributed by atoms with Gasteiger partial charge in [0.25, 0.3) is 0 Å². The smallest absolute Gasteiger partial charge is 0.425 e. The zero-order chi connectivity index (χ0) is 28.1. The number of guanidine groups is 1. The maximum atomic E-state index is 13.5. The summed E-state index contributed by atoms with van der Waals surface area (Å²) in [6.45, 7) is 3.60. The third-order valence-electron chi connectivity index (χ3n) is 7.43. The topological polar surface area (TPSA) is 121 Å². The molecule has 2 amide bonds. The Morgan fingerprint density at radius 3 is 2.67 bits per heavy atom. The van der Waals surface area contributed by atoms with E-state index in [-0.39, 0.29) is 30.0 Å². The standard InChI is InChI=1S/C28H28F3N5O3/c1-27(2)13-23(37)36(26(33)35-27)24(16-7-5-6-15(10-16)14-32)18-11-19(18)25(38)34-20-12-22(28(29,30)31)39-21-9-4-3-8-17(20)21/h3-10,18-20,22,24H,11-13H2,1-2H3,(H2,33,35)(H,34,38)/t18-,19-,20+,22-,24-/m1/s1. The highest BCUT2D eigenvalue weighted by molar-refractivity contribution is 5.99. The molecular weight excluding hydrogens is 511 g/mol. The quantitative estimate of drug-likeness (QED) is 0.592. The molecule has 204 valence electrons. The van der Waals surface area contributed by atoms with Crippen LogP contribution in [0.5, 0.6) is 5.75 Å². The highest BCUT2D eigenvalue weighted by Crippen LogP contribution is 2.52. The number of ether oxygens (including phenoxy) is 1. The first-order valence-corrected chi connectivity index (χ1v) is 12.7. The van der Waals surface area contributed by atoms with E-state index in [4.69, 9.17) is 10.5 Å². The number of fused-ring (bicyclic) bond motifs is 1. The number of carbonyl (C=O) groups excluding carboxylic acids is 2. The Bertz CT molecular complexity index is 1380. The van der Waals surface area contributed by atoms with Gasteiger partial charge in [-0.25, -0.2) is 4.99 Å². The van der Waals surface area contributed by atoms with E-state index in [0.717, 1.165) is 0 Å². The fraction of sp³-hybridized carbons (Fsp3) is 0.429. The highest BCUT2D eigenvalue weighted by atomic mass is 19.4. The van der Waals surface area contributed by atoms with Crippen molar-refractivity contribution in [3.63, 3.8) is 0 Å². The number of nitrogens with zero attached hydrogens (tertiary/aromatic N) is 3. The van der Waals surface area contributed by atoms with E-state index >= 15 is 0 Å². The first-order valence-electron chi connectivity index (χ1n) is 12.7. The molecule has 2 aromatic carbocycles. The summed E-state index contributed by atoms with van der Waals surface area (Å²) in [5.41, 5.74) is 7.09.